The zero-order valence-corrected chi connectivity index (χ0v) is 20.7. The lowest BCUT2D eigenvalue weighted by molar-refractivity contribution is 0.163. The molecule has 0 amide bonds. The molecule has 0 aliphatic carbocycles. The number of β-amino-alcohol motifs (C(OH)–C–C–N with tert-alkyl or cyclic N) is 1. The Morgan fingerprint density at radius 2 is 1.81 bits per heavy atom. The maximum atomic E-state index is 15.6. The molecule has 0 saturated carbocycles. The molecule has 5 rings (SSSR count). The maximum Gasteiger partial charge on any atom is 0.134 e. The molecule has 1 aliphatic heterocycles. The van der Waals surface area contributed by atoms with Crippen LogP contribution in [0.5, 0.6) is 5.75 Å². The van der Waals surface area contributed by atoms with Gasteiger partial charge in [-0.3, -0.25) is 14.6 Å². The molecule has 0 spiro atoms. The first kappa shape index (κ1) is 24.2. The lowest BCUT2D eigenvalue weighted by Gasteiger charge is -2.27. The molecule has 1 aliphatic rings. The molecule has 4 aromatic rings. The van der Waals surface area contributed by atoms with E-state index in [2.05, 4.69) is 48.0 Å². The van der Waals surface area contributed by atoms with E-state index in [1.165, 1.54) is 11.6 Å². The number of rotatable bonds is 8. The van der Waals surface area contributed by atoms with Gasteiger partial charge < -0.3 is 9.84 Å². The first-order chi connectivity index (χ1) is 17.5. The minimum Gasteiger partial charge on any atom is -0.489 e. The highest BCUT2D eigenvalue weighted by Crippen LogP contribution is 2.38. The van der Waals surface area contributed by atoms with Crippen molar-refractivity contribution in [3.05, 3.63) is 89.6 Å². The highest BCUT2D eigenvalue weighted by Gasteiger charge is 2.27. The van der Waals surface area contributed by atoms with E-state index in [1.54, 1.807) is 18.5 Å². The van der Waals surface area contributed by atoms with E-state index in [4.69, 9.17) is 9.84 Å². The first-order valence-corrected chi connectivity index (χ1v) is 12.4. The van der Waals surface area contributed by atoms with Gasteiger partial charge in [0, 0.05) is 54.8 Å². The van der Waals surface area contributed by atoms with E-state index in [-0.39, 0.29) is 12.4 Å². The van der Waals surface area contributed by atoms with Gasteiger partial charge in [0.1, 0.15) is 23.9 Å². The van der Waals surface area contributed by atoms with Crippen LogP contribution in [0, 0.1) is 5.82 Å². The monoisotopic (exact) mass is 486 g/mol. The summed E-state index contributed by atoms with van der Waals surface area (Å²) in [6.45, 7) is 7.43. The molecule has 0 fully saturated rings. The maximum absolute atomic E-state index is 15.6. The van der Waals surface area contributed by atoms with Crippen LogP contribution in [0.2, 0.25) is 0 Å². The predicted molar refractivity (Wildman–Crippen MR) is 138 cm³/mol. The normalized spacial score (nSPS) is 13.7. The van der Waals surface area contributed by atoms with Crippen molar-refractivity contribution in [2.45, 2.75) is 39.5 Å². The van der Waals surface area contributed by atoms with Crippen molar-refractivity contribution in [2.24, 2.45) is 0 Å². The number of aromatic nitrogens is 3. The highest BCUT2D eigenvalue weighted by molar-refractivity contribution is 5.83. The first-order valence-electron chi connectivity index (χ1n) is 12.4. The van der Waals surface area contributed by atoms with Gasteiger partial charge >= 0.3 is 0 Å². The topological polar surface area (TPSA) is 63.4 Å². The van der Waals surface area contributed by atoms with E-state index >= 15 is 4.39 Å². The van der Waals surface area contributed by atoms with Gasteiger partial charge in [-0.2, -0.15) is 5.10 Å². The van der Waals surface area contributed by atoms with Gasteiger partial charge in [-0.15, -0.1) is 0 Å². The van der Waals surface area contributed by atoms with Gasteiger partial charge in [0.05, 0.1) is 18.8 Å². The molecule has 0 saturated heterocycles. The van der Waals surface area contributed by atoms with Crippen LogP contribution in [0.25, 0.3) is 22.4 Å². The predicted octanol–water partition coefficient (Wildman–Crippen LogP) is 5.26. The fourth-order valence-corrected chi connectivity index (χ4v) is 4.65. The Hall–Kier alpha value is -3.55. The number of halogens is 1. The van der Waals surface area contributed by atoms with Crippen molar-refractivity contribution in [3.8, 4) is 28.1 Å². The van der Waals surface area contributed by atoms with E-state index in [0.29, 0.717) is 43.5 Å². The van der Waals surface area contributed by atoms with Gasteiger partial charge in [0.2, 0.25) is 0 Å². The second kappa shape index (κ2) is 10.6. The van der Waals surface area contributed by atoms with Crippen LogP contribution in [-0.4, -0.2) is 44.5 Å². The second-order valence-corrected chi connectivity index (χ2v) is 9.46. The zero-order valence-electron chi connectivity index (χ0n) is 20.7. The average molecular weight is 487 g/mol. The van der Waals surface area contributed by atoms with Crippen LogP contribution in [-0.2, 0) is 19.7 Å². The third-order valence-corrected chi connectivity index (χ3v) is 6.69. The van der Waals surface area contributed by atoms with Crippen LogP contribution in [0.15, 0.2) is 67.0 Å². The van der Waals surface area contributed by atoms with Crippen molar-refractivity contribution in [1.82, 2.24) is 19.7 Å². The lowest BCUT2D eigenvalue weighted by Crippen LogP contribution is -2.35. The van der Waals surface area contributed by atoms with Gasteiger partial charge in [-0.25, -0.2) is 4.39 Å². The summed E-state index contributed by atoms with van der Waals surface area (Å²) in [5.74, 6) is 0.606. The van der Waals surface area contributed by atoms with Crippen LogP contribution < -0.4 is 4.74 Å². The molecule has 0 atom stereocenters. The highest BCUT2D eigenvalue weighted by atomic mass is 19.1. The number of benzene rings is 2. The standard InChI is InChI=1S/C29H31FN4O2/c1-20(2)22-5-3-21(4-6-22)19-36-24-7-8-25(26(30)17-24)28-27-18-33(15-16-35)13-14-34(27)32-29(28)23-9-11-31-12-10-23/h3-12,17,20,35H,13-16,18-19H2,1-2H3. The molecule has 3 heterocycles. The lowest BCUT2D eigenvalue weighted by atomic mass is 9.98. The molecule has 36 heavy (non-hydrogen) atoms. The molecule has 2 aromatic heterocycles. The second-order valence-electron chi connectivity index (χ2n) is 9.46. The van der Waals surface area contributed by atoms with Gasteiger partial charge in [-0.1, -0.05) is 38.1 Å². The molecule has 186 valence electrons. The van der Waals surface area contributed by atoms with E-state index in [9.17, 15) is 5.11 Å². The number of hydrogen-bond acceptors (Lipinski definition) is 5. The number of pyridine rings is 1. The number of aliphatic hydroxyl groups is 1. The van der Waals surface area contributed by atoms with Gasteiger partial charge in [0.15, 0.2) is 0 Å². The summed E-state index contributed by atoms with van der Waals surface area (Å²) < 4.78 is 23.5. The quantitative estimate of drug-likeness (QED) is 0.368. The van der Waals surface area contributed by atoms with Crippen molar-refractivity contribution in [3.63, 3.8) is 0 Å². The Kier molecular flexibility index (Phi) is 7.11. The third-order valence-electron chi connectivity index (χ3n) is 6.69. The zero-order chi connectivity index (χ0) is 25.1. The van der Waals surface area contributed by atoms with E-state index < -0.39 is 0 Å². The van der Waals surface area contributed by atoms with Crippen LogP contribution >= 0.6 is 0 Å². The number of nitrogens with zero attached hydrogens (tertiary/aromatic N) is 4. The van der Waals surface area contributed by atoms with E-state index in [0.717, 1.165) is 34.6 Å². The van der Waals surface area contributed by atoms with E-state index in [1.807, 2.05) is 22.9 Å². The number of aliphatic hydroxyl groups excluding tert-OH is 1. The smallest absolute Gasteiger partial charge is 0.134 e. The summed E-state index contributed by atoms with van der Waals surface area (Å²) in [5, 5.41) is 14.3. The van der Waals surface area contributed by atoms with Gasteiger partial charge in [-0.05, 0) is 41.3 Å². The molecule has 2 aromatic carbocycles. The molecule has 0 bridgehead atoms. The molecule has 0 unspecified atom stereocenters. The molecule has 6 nitrogen and oxygen atoms in total. The Bertz CT molecular complexity index is 1320. The summed E-state index contributed by atoms with van der Waals surface area (Å²) in [6.07, 6.45) is 3.44. The molecular formula is C29H31FN4O2. The minimum absolute atomic E-state index is 0.0846. The largest absolute Gasteiger partial charge is 0.489 e. The Balaban J connectivity index is 1.45. The molecular weight excluding hydrogens is 455 g/mol. The summed E-state index contributed by atoms with van der Waals surface area (Å²) in [7, 11) is 0. The number of hydrogen-bond donors (Lipinski definition) is 1. The SMILES string of the molecule is CC(C)c1ccc(COc2ccc(-c3c(-c4ccncc4)nn4c3CN(CCO)CC4)c(F)c2)cc1. The summed E-state index contributed by atoms with van der Waals surface area (Å²) in [4.78, 5) is 6.28. The molecule has 0 radical (unpaired) electrons. The molecule has 7 heteroatoms. The van der Waals surface area contributed by atoms with Crippen molar-refractivity contribution in [2.75, 3.05) is 19.7 Å². The average Bonchev–Trinajstić information content (AvgIpc) is 3.27. The van der Waals surface area contributed by atoms with Crippen molar-refractivity contribution >= 4 is 0 Å². The van der Waals surface area contributed by atoms with Crippen LogP contribution in [0.1, 0.15) is 36.6 Å². The fourth-order valence-electron chi connectivity index (χ4n) is 4.65. The molecule has 1 N–H and O–H groups in total. The minimum atomic E-state index is -0.354. The summed E-state index contributed by atoms with van der Waals surface area (Å²) in [5.41, 5.74) is 6.15. The van der Waals surface area contributed by atoms with Crippen LogP contribution in [0.3, 0.4) is 0 Å². The summed E-state index contributed by atoms with van der Waals surface area (Å²) >= 11 is 0. The summed E-state index contributed by atoms with van der Waals surface area (Å²) in [6, 6.07) is 17.2. The Morgan fingerprint density at radius 1 is 1.03 bits per heavy atom. The fraction of sp³-hybridized carbons (Fsp3) is 0.310. The number of fused-ring (bicyclic) bond motifs is 1. The van der Waals surface area contributed by atoms with Gasteiger partial charge in [0.25, 0.3) is 0 Å². The van der Waals surface area contributed by atoms with Crippen LogP contribution in [0.4, 0.5) is 4.39 Å². The third kappa shape index (κ3) is 5.03. The van der Waals surface area contributed by atoms with Crippen molar-refractivity contribution in [1.29, 1.82) is 0 Å². The Morgan fingerprint density at radius 3 is 2.50 bits per heavy atom. The number of ether oxygens (including phenoxy) is 1. The Labute approximate surface area is 211 Å². The van der Waals surface area contributed by atoms with Crippen molar-refractivity contribution < 1.29 is 14.2 Å².